The van der Waals surface area contributed by atoms with Crippen LogP contribution in [-0.2, 0) is 27.4 Å². The predicted octanol–water partition coefficient (Wildman–Crippen LogP) is 4.27. The number of aromatic nitrogens is 3. The molecule has 1 aliphatic rings. The largest absolute Gasteiger partial charge is 0.378 e. The van der Waals surface area contributed by atoms with Crippen LogP contribution in [0.2, 0.25) is 0 Å². The normalized spacial score (nSPS) is 14.3. The second kappa shape index (κ2) is 12.3. The van der Waals surface area contributed by atoms with Gasteiger partial charge in [-0.2, -0.15) is 0 Å². The molecule has 1 atom stereocenters. The maximum atomic E-state index is 13.9. The minimum absolute atomic E-state index is 0.0167. The summed E-state index contributed by atoms with van der Waals surface area (Å²) in [7, 11) is 0. The zero-order valence-corrected chi connectivity index (χ0v) is 23.3. The summed E-state index contributed by atoms with van der Waals surface area (Å²) in [6, 6.07) is 22.7. The molecule has 4 aromatic rings. The Morgan fingerprint density at radius 2 is 1.68 bits per heavy atom. The zero-order chi connectivity index (χ0) is 28.1. The van der Waals surface area contributed by atoms with Gasteiger partial charge in [0.15, 0.2) is 0 Å². The standard InChI is InChI=1S/C31H36N6O3/c1-22(2)30(31(39)32-25-12-14-26(15-13-25)35-16-18-40-19-17-35)36(20-24-10-8-23(3)9-11-24)29(38)21-37-28-7-5-4-6-27(28)33-34-37/h4-15,22,30H,16-21H2,1-3H3,(H,32,39). The third-order valence-corrected chi connectivity index (χ3v) is 7.25. The van der Waals surface area contributed by atoms with Crippen LogP contribution in [-0.4, -0.2) is 64.1 Å². The van der Waals surface area contributed by atoms with E-state index in [2.05, 4.69) is 20.5 Å². The van der Waals surface area contributed by atoms with Gasteiger partial charge in [0.2, 0.25) is 11.8 Å². The van der Waals surface area contributed by atoms with Gasteiger partial charge in [-0.3, -0.25) is 9.59 Å². The predicted molar refractivity (Wildman–Crippen MR) is 156 cm³/mol. The summed E-state index contributed by atoms with van der Waals surface area (Å²) < 4.78 is 7.05. The summed E-state index contributed by atoms with van der Waals surface area (Å²) >= 11 is 0. The van der Waals surface area contributed by atoms with Gasteiger partial charge in [0.25, 0.3) is 0 Å². The van der Waals surface area contributed by atoms with Crippen LogP contribution >= 0.6 is 0 Å². The molecule has 2 heterocycles. The van der Waals surface area contributed by atoms with Gasteiger partial charge in [0.05, 0.1) is 18.7 Å². The average molecular weight is 541 g/mol. The van der Waals surface area contributed by atoms with Crippen LogP contribution in [0.3, 0.4) is 0 Å². The SMILES string of the molecule is Cc1ccc(CN(C(=O)Cn2nnc3ccccc32)C(C(=O)Nc2ccc(N3CCOCC3)cc2)C(C)C)cc1. The number of hydrogen-bond donors (Lipinski definition) is 1. The molecule has 2 amide bonds. The summed E-state index contributed by atoms with van der Waals surface area (Å²) in [6.45, 7) is 9.36. The van der Waals surface area contributed by atoms with Gasteiger partial charge in [0.1, 0.15) is 18.1 Å². The molecule has 0 spiro atoms. The van der Waals surface area contributed by atoms with E-state index in [1.165, 1.54) is 0 Å². The summed E-state index contributed by atoms with van der Waals surface area (Å²) in [5.74, 6) is -0.555. The van der Waals surface area contributed by atoms with Crippen LogP contribution in [0.15, 0.2) is 72.8 Å². The molecule has 1 fully saturated rings. The monoisotopic (exact) mass is 540 g/mol. The van der Waals surface area contributed by atoms with Gasteiger partial charge in [-0.1, -0.05) is 61.0 Å². The Hall–Kier alpha value is -4.24. The highest BCUT2D eigenvalue weighted by Gasteiger charge is 2.33. The van der Waals surface area contributed by atoms with E-state index in [-0.39, 0.29) is 24.3 Å². The van der Waals surface area contributed by atoms with Crippen molar-refractivity contribution < 1.29 is 14.3 Å². The zero-order valence-electron chi connectivity index (χ0n) is 23.3. The summed E-state index contributed by atoms with van der Waals surface area (Å²) in [6.07, 6.45) is 0. The number of para-hydroxylation sites is 1. The van der Waals surface area contributed by atoms with E-state index in [1.54, 1.807) is 9.58 Å². The van der Waals surface area contributed by atoms with E-state index in [1.807, 2.05) is 93.6 Å². The smallest absolute Gasteiger partial charge is 0.247 e. The Morgan fingerprint density at radius 3 is 2.38 bits per heavy atom. The maximum Gasteiger partial charge on any atom is 0.247 e. The van der Waals surface area contributed by atoms with Crippen molar-refractivity contribution in [3.63, 3.8) is 0 Å². The van der Waals surface area contributed by atoms with Gasteiger partial charge in [-0.15, -0.1) is 5.10 Å². The topological polar surface area (TPSA) is 92.6 Å². The Morgan fingerprint density at radius 1 is 0.975 bits per heavy atom. The molecule has 1 aliphatic heterocycles. The van der Waals surface area contributed by atoms with Crippen LogP contribution in [0.25, 0.3) is 11.0 Å². The molecular weight excluding hydrogens is 504 g/mol. The second-order valence-electron chi connectivity index (χ2n) is 10.6. The van der Waals surface area contributed by atoms with E-state index in [4.69, 9.17) is 4.74 Å². The molecule has 1 saturated heterocycles. The highest BCUT2D eigenvalue weighted by molar-refractivity contribution is 5.97. The van der Waals surface area contributed by atoms with Gasteiger partial charge >= 0.3 is 0 Å². The van der Waals surface area contributed by atoms with Crippen molar-refractivity contribution in [3.05, 3.63) is 83.9 Å². The summed E-state index contributed by atoms with van der Waals surface area (Å²) in [4.78, 5) is 31.6. The lowest BCUT2D eigenvalue weighted by molar-refractivity contribution is -0.141. The van der Waals surface area contributed by atoms with Crippen molar-refractivity contribution in [2.45, 2.75) is 39.9 Å². The third-order valence-electron chi connectivity index (χ3n) is 7.25. The first-order valence-electron chi connectivity index (χ1n) is 13.8. The number of nitrogens with zero attached hydrogens (tertiary/aromatic N) is 5. The number of ether oxygens (including phenoxy) is 1. The molecule has 9 heteroatoms. The van der Waals surface area contributed by atoms with Gasteiger partial charge in [-0.05, 0) is 54.8 Å². The van der Waals surface area contributed by atoms with Crippen molar-refractivity contribution in [1.82, 2.24) is 19.9 Å². The Kier molecular flexibility index (Phi) is 8.40. The fourth-order valence-electron chi connectivity index (χ4n) is 5.08. The van der Waals surface area contributed by atoms with Crippen molar-refractivity contribution in [2.75, 3.05) is 36.5 Å². The fourth-order valence-corrected chi connectivity index (χ4v) is 5.08. The van der Waals surface area contributed by atoms with E-state index in [0.29, 0.717) is 25.4 Å². The van der Waals surface area contributed by atoms with Crippen molar-refractivity contribution in [3.8, 4) is 0 Å². The summed E-state index contributed by atoms with van der Waals surface area (Å²) in [5, 5.41) is 11.5. The number of nitrogens with one attached hydrogen (secondary N) is 1. The van der Waals surface area contributed by atoms with E-state index in [9.17, 15) is 9.59 Å². The highest BCUT2D eigenvalue weighted by Crippen LogP contribution is 2.22. The molecule has 0 aliphatic carbocycles. The third kappa shape index (κ3) is 6.31. The molecule has 3 aromatic carbocycles. The lowest BCUT2D eigenvalue weighted by Crippen LogP contribution is -2.50. The Balaban J connectivity index is 1.38. The minimum Gasteiger partial charge on any atom is -0.378 e. The summed E-state index contributed by atoms with van der Waals surface area (Å²) in [5.41, 5.74) is 5.37. The number of benzene rings is 3. The molecule has 208 valence electrons. The van der Waals surface area contributed by atoms with Gasteiger partial charge in [-0.25, -0.2) is 4.68 Å². The molecule has 0 bridgehead atoms. The van der Waals surface area contributed by atoms with Crippen LogP contribution < -0.4 is 10.2 Å². The fraction of sp³-hybridized carbons (Fsp3) is 0.355. The van der Waals surface area contributed by atoms with Gasteiger partial charge < -0.3 is 19.9 Å². The van der Waals surface area contributed by atoms with Crippen molar-refractivity contribution >= 4 is 34.2 Å². The first-order chi connectivity index (χ1) is 19.4. The molecule has 1 N–H and O–H groups in total. The van der Waals surface area contributed by atoms with E-state index < -0.39 is 6.04 Å². The minimum atomic E-state index is -0.692. The highest BCUT2D eigenvalue weighted by atomic mass is 16.5. The molecule has 1 unspecified atom stereocenters. The van der Waals surface area contributed by atoms with Crippen LogP contribution in [0.1, 0.15) is 25.0 Å². The molecule has 5 rings (SSSR count). The van der Waals surface area contributed by atoms with Crippen LogP contribution in [0, 0.1) is 12.8 Å². The van der Waals surface area contributed by atoms with Crippen molar-refractivity contribution in [1.29, 1.82) is 0 Å². The molecular formula is C31H36N6O3. The van der Waals surface area contributed by atoms with Gasteiger partial charge in [0, 0.05) is 31.0 Å². The maximum absolute atomic E-state index is 13.9. The molecule has 0 saturated carbocycles. The van der Waals surface area contributed by atoms with E-state index in [0.717, 1.165) is 40.9 Å². The number of aryl methyl sites for hydroxylation is 1. The number of morpholine rings is 1. The number of fused-ring (bicyclic) bond motifs is 1. The second-order valence-corrected chi connectivity index (χ2v) is 10.6. The lowest BCUT2D eigenvalue weighted by atomic mass is 9.99. The molecule has 1 aromatic heterocycles. The van der Waals surface area contributed by atoms with E-state index >= 15 is 0 Å². The quantitative estimate of drug-likeness (QED) is 0.341. The van der Waals surface area contributed by atoms with Crippen molar-refractivity contribution in [2.24, 2.45) is 5.92 Å². The molecule has 9 nitrogen and oxygen atoms in total. The number of amides is 2. The number of carbonyl (C=O) groups is 2. The number of hydrogen-bond acceptors (Lipinski definition) is 6. The lowest BCUT2D eigenvalue weighted by Gasteiger charge is -2.34. The Labute approximate surface area is 234 Å². The van der Waals surface area contributed by atoms with Crippen LogP contribution in [0.5, 0.6) is 0 Å². The van der Waals surface area contributed by atoms with Crippen LogP contribution in [0.4, 0.5) is 11.4 Å². The average Bonchev–Trinajstić information content (AvgIpc) is 3.37. The number of rotatable bonds is 9. The molecule has 40 heavy (non-hydrogen) atoms. The number of carbonyl (C=O) groups excluding carboxylic acids is 2. The molecule has 0 radical (unpaired) electrons. The first kappa shape index (κ1) is 27.3. The Bertz CT molecular complexity index is 1440. The number of anilines is 2. The first-order valence-corrected chi connectivity index (χ1v) is 13.8.